The van der Waals surface area contributed by atoms with E-state index in [1.54, 1.807) is 0 Å². The molecule has 514 valence electrons. The van der Waals surface area contributed by atoms with E-state index in [-0.39, 0.29) is 64.5 Å². The van der Waals surface area contributed by atoms with E-state index in [1.165, 1.54) is 0 Å². The molecule has 0 aromatic heterocycles. The van der Waals surface area contributed by atoms with Crippen molar-refractivity contribution in [2.24, 2.45) is 10.8 Å². The molecule has 6 rings (SSSR count). The first-order valence-electron chi connectivity index (χ1n) is 32.5. The number of nitrogens with zero attached hydrogens (tertiary/aromatic N) is 7. The van der Waals surface area contributed by atoms with Crippen LogP contribution in [-0.2, 0) is 105 Å². The summed E-state index contributed by atoms with van der Waals surface area (Å²) in [6.45, 7) is 16.7. The molecule has 6 aliphatic rings. The van der Waals surface area contributed by atoms with E-state index in [4.69, 9.17) is 66.3 Å². The molecule has 0 aromatic carbocycles. The standard InChI is InChI=1S/C61H103N7O22/c1-2-11-62(12-3-52(69)83-44-60(46-85-54(71)5-14-63-20-32-77-33-21-63,47-86-55(72)6-15-64-22-34-78-35-23-64)48-87-56(73)7-16-65-24-36-79-37-25-65)13-4-53(70)84-45-61(49-88-57(74)8-17-66-26-38-80-39-27-66,50-89-58(75)9-18-67-28-40-81-41-29-67)51-90-59(76)10-19-68-30-42-82-43-31-68/h2-51H2,1H3. The van der Waals surface area contributed by atoms with Crippen molar-refractivity contribution in [3.63, 3.8) is 0 Å². The first kappa shape index (κ1) is 74.3. The molecule has 0 bridgehead atoms. The van der Waals surface area contributed by atoms with Gasteiger partial charge in [0.2, 0.25) is 0 Å². The molecule has 0 aliphatic carbocycles. The van der Waals surface area contributed by atoms with Gasteiger partial charge in [0.25, 0.3) is 0 Å². The van der Waals surface area contributed by atoms with E-state index >= 15 is 0 Å². The SMILES string of the molecule is CCCN(CCC(=O)OCC(COC(=O)CCN1CCOCC1)(COC(=O)CCN1CCOCC1)COC(=O)CCN1CCOCC1)CCC(=O)OCC(COC(=O)CCN1CCOCC1)(COC(=O)CCN1CCOCC1)COC(=O)CCN1CCOCC1. The number of ether oxygens (including phenoxy) is 14. The van der Waals surface area contributed by atoms with E-state index in [0.29, 0.717) is 210 Å². The summed E-state index contributed by atoms with van der Waals surface area (Å²) in [5.41, 5.74) is -2.97. The Bertz CT molecular complexity index is 1790. The summed E-state index contributed by atoms with van der Waals surface area (Å²) < 4.78 is 79.6. The van der Waals surface area contributed by atoms with Crippen molar-refractivity contribution in [2.75, 3.05) is 270 Å². The van der Waals surface area contributed by atoms with Crippen LogP contribution in [0.3, 0.4) is 0 Å². The number of rotatable bonds is 42. The molecule has 90 heavy (non-hydrogen) atoms. The topological polar surface area (TPSA) is 288 Å². The lowest BCUT2D eigenvalue weighted by Gasteiger charge is -2.32. The lowest BCUT2D eigenvalue weighted by molar-refractivity contribution is -0.174. The molecule has 0 atom stereocenters. The van der Waals surface area contributed by atoms with Crippen molar-refractivity contribution in [2.45, 2.75) is 64.7 Å². The average Bonchev–Trinajstić information content (AvgIpc) is 2.54. The number of hydrogen-bond acceptors (Lipinski definition) is 29. The Morgan fingerprint density at radius 3 is 0.611 bits per heavy atom. The number of hydrogen-bond donors (Lipinski definition) is 0. The van der Waals surface area contributed by atoms with E-state index in [2.05, 4.69) is 29.4 Å². The van der Waals surface area contributed by atoms with Gasteiger partial charge in [-0.1, -0.05) is 6.92 Å². The van der Waals surface area contributed by atoms with Crippen molar-refractivity contribution in [1.82, 2.24) is 34.3 Å². The maximum Gasteiger partial charge on any atom is 0.307 e. The summed E-state index contributed by atoms with van der Waals surface area (Å²) in [6, 6.07) is 0. The molecule has 6 fully saturated rings. The Kier molecular flexibility index (Phi) is 35.7. The average molecular weight is 1290 g/mol. The molecule has 0 saturated carbocycles. The van der Waals surface area contributed by atoms with Crippen molar-refractivity contribution < 1.29 is 105 Å². The molecule has 0 amide bonds. The van der Waals surface area contributed by atoms with Gasteiger partial charge >= 0.3 is 47.8 Å². The van der Waals surface area contributed by atoms with Gasteiger partial charge in [-0.2, -0.15) is 0 Å². The quantitative estimate of drug-likeness (QED) is 0.0530. The molecule has 0 spiro atoms. The lowest BCUT2D eigenvalue weighted by Crippen LogP contribution is -2.45. The lowest BCUT2D eigenvalue weighted by atomic mass is 9.92. The second kappa shape index (κ2) is 43.2. The fraction of sp³-hybridized carbons (Fsp3) is 0.869. The van der Waals surface area contributed by atoms with Crippen LogP contribution in [0.5, 0.6) is 0 Å². The molecule has 0 unspecified atom stereocenters. The third kappa shape index (κ3) is 31.2. The zero-order valence-electron chi connectivity index (χ0n) is 53.5. The molecule has 0 N–H and O–H groups in total. The number of carbonyl (C=O) groups excluding carboxylic acids is 8. The minimum atomic E-state index is -1.49. The summed E-state index contributed by atoms with van der Waals surface area (Å²) in [4.78, 5) is 122. The van der Waals surface area contributed by atoms with Gasteiger partial charge in [-0.15, -0.1) is 0 Å². The summed E-state index contributed by atoms with van der Waals surface area (Å²) in [5.74, 6) is -4.53. The highest BCUT2D eigenvalue weighted by Crippen LogP contribution is 2.25. The zero-order valence-corrected chi connectivity index (χ0v) is 53.5. The Hall–Kier alpha value is -4.76. The van der Waals surface area contributed by atoms with Gasteiger partial charge in [0.15, 0.2) is 0 Å². The fourth-order valence-electron chi connectivity index (χ4n) is 10.5. The maximum atomic E-state index is 13.8. The van der Waals surface area contributed by atoms with Gasteiger partial charge in [-0.05, 0) is 13.0 Å². The third-order valence-electron chi connectivity index (χ3n) is 16.5. The highest BCUT2D eigenvalue weighted by atomic mass is 16.6. The molecule has 29 nitrogen and oxygen atoms in total. The van der Waals surface area contributed by atoms with E-state index in [0.717, 1.165) is 0 Å². The fourth-order valence-corrected chi connectivity index (χ4v) is 10.5. The largest absolute Gasteiger partial charge is 0.465 e. The Morgan fingerprint density at radius 2 is 0.444 bits per heavy atom. The van der Waals surface area contributed by atoms with Gasteiger partial charge in [0, 0.05) is 131 Å². The number of morpholine rings is 6. The molecule has 0 radical (unpaired) electrons. The van der Waals surface area contributed by atoms with E-state index in [9.17, 15) is 38.4 Å². The van der Waals surface area contributed by atoms with E-state index in [1.807, 2.05) is 11.8 Å². The van der Waals surface area contributed by atoms with E-state index < -0.39 is 111 Å². The van der Waals surface area contributed by atoms with Gasteiger partial charge in [0.05, 0.1) is 131 Å². The molecule has 6 heterocycles. The van der Waals surface area contributed by atoms with Crippen molar-refractivity contribution in [1.29, 1.82) is 0 Å². The minimum Gasteiger partial charge on any atom is -0.465 e. The predicted octanol–water partition coefficient (Wildman–Crippen LogP) is -0.869. The van der Waals surface area contributed by atoms with Gasteiger partial charge in [-0.3, -0.25) is 67.8 Å². The first-order chi connectivity index (χ1) is 43.8. The van der Waals surface area contributed by atoms with Crippen molar-refractivity contribution in [3.05, 3.63) is 0 Å². The van der Waals surface area contributed by atoms with Crippen LogP contribution in [0.15, 0.2) is 0 Å². The normalized spacial score (nSPS) is 19.0. The highest BCUT2D eigenvalue weighted by Gasteiger charge is 2.40. The van der Waals surface area contributed by atoms with Crippen molar-refractivity contribution >= 4 is 47.8 Å². The summed E-state index contributed by atoms with van der Waals surface area (Å²) in [7, 11) is 0. The summed E-state index contributed by atoms with van der Waals surface area (Å²) in [6.07, 6.45) is 0.700. The van der Waals surface area contributed by atoms with Crippen LogP contribution in [0.1, 0.15) is 64.7 Å². The van der Waals surface area contributed by atoms with Crippen LogP contribution in [-0.4, -0.2) is 352 Å². The Morgan fingerprint density at radius 1 is 0.278 bits per heavy atom. The zero-order chi connectivity index (χ0) is 63.9. The molecule has 29 heteroatoms. The second-order valence-electron chi connectivity index (χ2n) is 23.9. The van der Waals surface area contributed by atoms with Gasteiger partial charge in [-0.25, -0.2) is 0 Å². The van der Waals surface area contributed by atoms with Crippen LogP contribution >= 0.6 is 0 Å². The van der Waals surface area contributed by atoms with Crippen LogP contribution in [0, 0.1) is 10.8 Å². The van der Waals surface area contributed by atoms with Crippen LogP contribution < -0.4 is 0 Å². The van der Waals surface area contributed by atoms with Gasteiger partial charge < -0.3 is 71.2 Å². The Labute approximate surface area is 530 Å². The first-order valence-corrected chi connectivity index (χ1v) is 32.5. The molecule has 0 aromatic rings. The summed E-state index contributed by atoms with van der Waals surface area (Å²) in [5, 5.41) is 0. The highest BCUT2D eigenvalue weighted by molar-refractivity contribution is 5.73. The minimum absolute atomic E-state index is 0.0543. The van der Waals surface area contributed by atoms with Crippen molar-refractivity contribution in [3.8, 4) is 0 Å². The third-order valence-corrected chi connectivity index (χ3v) is 16.5. The van der Waals surface area contributed by atoms with Crippen LogP contribution in [0.25, 0.3) is 0 Å². The molecule has 6 saturated heterocycles. The number of carbonyl (C=O) groups is 8. The maximum absolute atomic E-state index is 13.8. The predicted molar refractivity (Wildman–Crippen MR) is 320 cm³/mol. The van der Waals surface area contributed by atoms with Crippen LogP contribution in [0.4, 0.5) is 0 Å². The molecular weight excluding hydrogens is 1180 g/mol. The summed E-state index contributed by atoms with van der Waals surface area (Å²) >= 11 is 0. The molecule has 6 aliphatic heterocycles. The second-order valence-corrected chi connectivity index (χ2v) is 23.9. The Balaban J connectivity index is 1.09. The number of esters is 8. The molecular formula is C61H103N7O22. The van der Waals surface area contributed by atoms with Gasteiger partial charge in [0.1, 0.15) is 63.7 Å². The van der Waals surface area contributed by atoms with Crippen LogP contribution in [0.2, 0.25) is 0 Å². The monoisotopic (exact) mass is 1290 g/mol. The smallest absolute Gasteiger partial charge is 0.307 e.